The van der Waals surface area contributed by atoms with E-state index in [0.717, 1.165) is 22.6 Å². The second kappa shape index (κ2) is 9.62. The number of carbonyl (C=O) groups excluding carboxylic acids is 2. The van der Waals surface area contributed by atoms with Crippen molar-refractivity contribution in [3.8, 4) is 11.5 Å². The third-order valence-corrected chi connectivity index (χ3v) is 6.34. The summed E-state index contributed by atoms with van der Waals surface area (Å²) in [6.45, 7) is 4.11. The van der Waals surface area contributed by atoms with E-state index >= 15 is 0 Å². The first-order valence-corrected chi connectivity index (χ1v) is 11.8. The van der Waals surface area contributed by atoms with Gasteiger partial charge in [0.05, 0.1) is 36.4 Å². The van der Waals surface area contributed by atoms with Crippen LogP contribution in [0.15, 0.2) is 60.2 Å². The number of imidazole rings is 1. The van der Waals surface area contributed by atoms with Crippen molar-refractivity contribution < 1.29 is 33.0 Å². The van der Waals surface area contributed by atoms with Gasteiger partial charge in [0.15, 0.2) is 11.6 Å². The molecule has 8 nitrogen and oxygen atoms in total. The van der Waals surface area contributed by atoms with E-state index in [2.05, 4.69) is 9.97 Å². The second-order valence-electron chi connectivity index (χ2n) is 8.70. The Morgan fingerprint density at radius 1 is 1.11 bits per heavy atom. The number of aliphatic hydroxyl groups is 1. The van der Waals surface area contributed by atoms with E-state index in [4.69, 9.17) is 9.47 Å². The number of rotatable bonds is 6. The molecule has 1 unspecified atom stereocenters. The Balaban J connectivity index is 1.72. The van der Waals surface area contributed by atoms with Crippen molar-refractivity contribution in [2.45, 2.75) is 19.9 Å². The van der Waals surface area contributed by atoms with Gasteiger partial charge < -0.3 is 19.6 Å². The third kappa shape index (κ3) is 4.13. The zero-order valence-electron chi connectivity index (χ0n) is 20.7. The number of nitrogens with one attached hydrogen (secondary N) is 1. The summed E-state index contributed by atoms with van der Waals surface area (Å²) in [7, 11) is 1.47. The number of methoxy groups -OCH3 is 1. The largest absolute Gasteiger partial charge is 0.507 e. The minimum atomic E-state index is -1.12. The fourth-order valence-corrected chi connectivity index (χ4v) is 4.55. The Labute approximate surface area is 216 Å². The number of fused-ring (bicyclic) bond motifs is 1. The van der Waals surface area contributed by atoms with Crippen LogP contribution in [0.4, 0.5) is 14.7 Å². The predicted molar refractivity (Wildman–Crippen MR) is 136 cm³/mol. The highest BCUT2D eigenvalue weighted by Crippen LogP contribution is 2.42. The molecular weight excluding hydrogens is 496 g/mol. The molecule has 1 aromatic heterocycles. The van der Waals surface area contributed by atoms with E-state index in [1.165, 1.54) is 7.11 Å². The predicted octanol–water partition coefficient (Wildman–Crippen LogP) is 5.18. The normalized spacial score (nSPS) is 16.9. The van der Waals surface area contributed by atoms with Gasteiger partial charge in [0.1, 0.15) is 17.3 Å². The lowest BCUT2D eigenvalue weighted by Crippen LogP contribution is -2.30. The molecule has 0 saturated carbocycles. The zero-order chi connectivity index (χ0) is 27.1. The number of H-pyrrole nitrogens is 1. The van der Waals surface area contributed by atoms with Crippen LogP contribution >= 0.6 is 0 Å². The molecule has 0 bridgehead atoms. The summed E-state index contributed by atoms with van der Waals surface area (Å²) in [5.41, 5.74) is 1.50. The van der Waals surface area contributed by atoms with Gasteiger partial charge in [-0.15, -0.1) is 0 Å². The van der Waals surface area contributed by atoms with Gasteiger partial charge in [-0.3, -0.25) is 14.5 Å². The molecule has 3 aromatic carbocycles. The van der Waals surface area contributed by atoms with Crippen LogP contribution in [0.3, 0.4) is 0 Å². The number of anilines is 1. The summed E-state index contributed by atoms with van der Waals surface area (Å²) in [5.74, 6) is -3.53. The van der Waals surface area contributed by atoms with Gasteiger partial charge in [-0.25, -0.2) is 13.8 Å². The van der Waals surface area contributed by atoms with Gasteiger partial charge in [-0.05, 0) is 55.3 Å². The third-order valence-electron chi connectivity index (χ3n) is 6.34. The molecule has 0 spiro atoms. The summed E-state index contributed by atoms with van der Waals surface area (Å²) in [6.07, 6.45) is 0. The van der Waals surface area contributed by atoms with E-state index in [1.54, 1.807) is 49.4 Å². The highest BCUT2D eigenvalue weighted by molar-refractivity contribution is 6.51. The molecule has 1 aliphatic heterocycles. The van der Waals surface area contributed by atoms with Crippen LogP contribution in [-0.2, 0) is 9.59 Å². The fourth-order valence-electron chi connectivity index (χ4n) is 4.55. The number of aromatic amines is 1. The number of hydrogen-bond donors (Lipinski definition) is 2. The molecule has 4 aromatic rings. The topological polar surface area (TPSA) is 105 Å². The quantitative estimate of drug-likeness (QED) is 0.207. The van der Waals surface area contributed by atoms with Crippen LogP contribution in [0.5, 0.6) is 11.5 Å². The molecule has 2 heterocycles. The number of ketones is 1. The van der Waals surface area contributed by atoms with Crippen molar-refractivity contribution in [1.82, 2.24) is 9.97 Å². The van der Waals surface area contributed by atoms with E-state index in [9.17, 15) is 23.5 Å². The zero-order valence-corrected chi connectivity index (χ0v) is 20.7. The molecule has 1 saturated heterocycles. The van der Waals surface area contributed by atoms with Crippen molar-refractivity contribution in [1.29, 1.82) is 0 Å². The molecule has 194 valence electrons. The maximum absolute atomic E-state index is 13.8. The number of ether oxygens (including phenoxy) is 2. The van der Waals surface area contributed by atoms with Crippen LogP contribution < -0.4 is 14.4 Å². The first-order valence-electron chi connectivity index (χ1n) is 11.8. The Bertz CT molecular complexity index is 1590. The molecule has 10 heteroatoms. The van der Waals surface area contributed by atoms with Crippen LogP contribution in [0.1, 0.15) is 29.7 Å². The van der Waals surface area contributed by atoms with Gasteiger partial charge in [-0.1, -0.05) is 12.1 Å². The van der Waals surface area contributed by atoms with Crippen molar-refractivity contribution >= 4 is 34.4 Å². The number of aryl methyl sites for hydroxylation is 1. The van der Waals surface area contributed by atoms with Crippen molar-refractivity contribution in [3.05, 3.63) is 88.5 Å². The van der Waals surface area contributed by atoms with Crippen LogP contribution in [0.25, 0.3) is 16.8 Å². The Kier molecular flexibility index (Phi) is 6.31. The molecule has 1 aliphatic rings. The lowest BCUT2D eigenvalue weighted by Gasteiger charge is -2.23. The molecule has 0 aliphatic carbocycles. The molecule has 1 amide bonds. The van der Waals surface area contributed by atoms with Gasteiger partial charge in [0, 0.05) is 17.7 Å². The van der Waals surface area contributed by atoms with E-state index < -0.39 is 35.1 Å². The minimum Gasteiger partial charge on any atom is -0.507 e. The lowest BCUT2D eigenvalue weighted by molar-refractivity contribution is -0.132. The van der Waals surface area contributed by atoms with Gasteiger partial charge in [-0.2, -0.15) is 0 Å². The Morgan fingerprint density at radius 3 is 2.58 bits per heavy atom. The SMILES string of the molecule is CCOc1ccc(/C(O)=C2\C(=O)C(=O)N(c3nc4cc(F)c(F)cc4[nH]3)C2c2cccc(OC)c2)cc1C. The molecular formula is C28H23F2N3O5. The first kappa shape index (κ1) is 24.9. The Hall–Kier alpha value is -4.73. The summed E-state index contributed by atoms with van der Waals surface area (Å²) in [6, 6.07) is 12.3. The summed E-state index contributed by atoms with van der Waals surface area (Å²) in [5, 5.41) is 11.4. The smallest absolute Gasteiger partial charge is 0.302 e. The molecule has 5 rings (SSSR count). The van der Waals surface area contributed by atoms with Crippen molar-refractivity contribution in [3.63, 3.8) is 0 Å². The summed E-state index contributed by atoms with van der Waals surface area (Å²) < 4.78 is 38.6. The molecule has 2 N–H and O–H groups in total. The number of benzene rings is 3. The minimum absolute atomic E-state index is 0.0623. The average molecular weight is 520 g/mol. The van der Waals surface area contributed by atoms with Crippen LogP contribution in [0.2, 0.25) is 0 Å². The number of carbonyl (C=O) groups is 2. The van der Waals surface area contributed by atoms with Gasteiger partial charge in [0.2, 0.25) is 5.95 Å². The molecule has 1 atom stereocenters. The number of amides is 1. The van der Waals surface area contributed by atoms with Crippen LogP contribution in [-0.4, -0.2) is 40.5 Å². The van der Waals surface area contributed by atoms with Gasteiger partial charge in [0.25, 0.3) is 5.78 Å². The van der Waals surface area contributed by atoms with Crippen molar-refractivity contribution in [2.75, 3.05) is 18.6 Å². The number of halogens is 2. The lowest BCUT2D eigenvalue weighted by atomic mass is 9.94. The van der Waals surface area contributed by atoms with E-state index in [0.29, 0.717) is 29.2 Å². The second-order valence-corrected chi connectivity index (χ2v) is 8.70. The maximum atomic E-state index is 13.8. The highest BCUT2D eigenvalue weighted by Gasteiger charge is 2.48. The highest BCUT2D eigenvalue weighted by atomic mass is 19.2. The summed E-state index contributed by atoms with van der Waals surface area (Å²) in [4.78, 5) is 34.9. The van der Waals surface area contributed by atoms with E-state index in [1.807, 2.05) is 6.92 Å². The number of aromatic nitrogens is 2. The van der Waals surface area contributed by atoms with Crippen LogP contribution in [0, 0.1) is 18.6 Å². The average Bonchev–Trinajstić information content (AvgIpc) is 3.42. The van der Waals surface area contributed by atoms with Crippen molar-refractivity contribution in [2.24, 2.45) is 0 Å². The standard InChI is InChI=1S/C28H23F2N3O5/c1-4-38-22-9-8-16(10-14(22)2)25(34)23-24(15-6-5-7-17(11-15)37-3)33(27(36)26(23)35)28-31-20-12-18(29)19(30)13-21(20)32-28/h5-13,24,34H,4H2,1-3H3,(H,31,32)/b25-23+. The number of nitrogens with zero attached hydrogens (tertiary/aromatic N) is 2. The first-order chi connectivity index (χ1) is 18.2. The summed E-state index contributed by atoms with van der Waals surface area (Å²) >= 11 is 0. The molecule has 0 radical (unpaired) electrons. The molecule has 38 heavy (non-hydrogen) atoms. The fraction of sp³-hybridized carbons (Fsp3) is 0.179. The number of hydrogen-bond acceptors (Lipinski definition) is 6. The monoisotopic (exact) mass is 519 g/mol. The maximum Gasteiger partial charge on any atom is 0.302 e. The Morgan fingerprint density at radius 2 is 1.87 bits per heavy atom. The molecule has 1 fully saturated rings. The van der Waals surface area contributed by atoms with Gasteiger partial charge >= 0.3 is 5.91 Å². The van der Waals surface area contributed by atoms with E-state index in [-0.39, 0.29) is 22.6 Å². The number of aliphatic hydroxyl groups excluding tert-OH is 1. The number of Topliss-reactive ketones (excluding diaryl/α,β-unsaturated/α-hetero) is 1.